The Labute approximate surface area is 129 Å². The molecule has 1 saturated heterocycles. The van der Waals surface area contributed by atoms with Gasteiger partial charge in [0.1, 0.15) is 24.0 Å². The molecule has 0 saturated carbocycles. The molecule has 0 aliphatic carbocycles. The van der Waals surface area contributed by atoms with E-state index in [2.05, 4.69) is 4.90 Å². The summed E-state index contributed by atoms with van der Waals surface area (Å²) in [5.74, 6) is 0.599. The van der Waals surface area contributed by atoms with Gasteiger partial charge in [0.05, 0.1) is 0 Å². The zero-order valence-corrected chi connectivity index (χ0v) is 12.7. The Morgan fingerprint density at radius 2 is 2.09 bits per heavy atom. The summed E-state index contributed by atoms with van der Waals surface area (Å²) in [6.45, 7) is 4.86. The summed E-state index contributed by atoms with van der Waals surface area (Å²) in [7, 11) is 0. The van der Waals surface area contributed by atoms with Crippen LogP contribution in [0.2, 0.25) is 0 Å². The van der Waals surface area contributed by atoms with Crippen LogP contribution >= 0.6 is 0 Å². The van der Waals surface area contributed by atoms with Crippen LogP contribution in [0.1, 0.15) is 18.4 Å². The van der Waals surface area contributed by atoms with Crippen molar-refractivity contribution < 1.29 is 14.3 Å². The van der Waals surface area contributed by atoms with Gasteiger partial charge in [-0.25, -0.2) is 4.79 Å². The highest BCUT2D eigenvalue weighted by molar-refractivity contribution is 5.81. The normalized spacial score (nSPS) is 17.0. The highest BCUT2D eigenvalue weighted by Gasteiger charge is 2.16. The van der Waals surface area contributed by atoms with E-state index in [-0.39, 0.29) is 12.2 Å². The Kier molecular flexibility index (Phi) is 4.45. The molecule has 1 aromatic heterocycles. The third-order valence-corrected chi connectivity index (χ3v) is 4.03. The van der Waals surface area contributed by atoms with Crippen LogP contribution in [0.15, 0.2) is 33.5 Å². The number of hydrogen-bond donors (Lipinski definition) is 1. The van der Waals surface area contributed by atoms with Crippen LogP contribution in [-0.2, 0) is 0 Å². The molecule has 0 spiro atoms. The number of fused-ring (bicyclic) bond motifs is 1. The lowest BCUT2D eigenvalue weighted by Crippen LogP contribution is -2.33. The second-order valence-electron chi connectivity index (χ2n) is 5.88. The first-order valence-corrected chi connectivity index (χ1v) is 7.69. The molecule has 0 unspecified atom stereocenters. The third kappa shape index (κ3) is 3.48. The molecule has 5 nitrogen and oxygen atoms in total. The maximum absolute atomic E-state index is 11.4. The predicted molar refractivity (Wildman–Crippen MR) is 84.4 cm³/mol. The fraction of sp³-hybridized carbons (Fsp3) is 0.471. The van der Waals surface area contributed by atoms with Gasteiger partial charge in [0.15, 0.2) is 0 Å². The van der Waals surface area contributed by atoms with Gasteiger partial charge in [-0.2, -0.15) is 0 Å². The Morgan fingerprint density at radius 1 is 1.32 bits per heavy atom. The molecular weight excluding hydrogens is 282 g/mol. The lowest BCUT2D eigenvalue weighted by atomic mass is 10.1. The van der Waals surface area contributed by atoms with Crippen LogP contribution < -0.4 is 10.4 Å². The van der Waals surface area contributed by atoms with Gasteiger partial charge in [-0.05, 0) is 50.6 Å². The molecule has 118 valence electrons. The van der Waals surface area contributed by atoms with Gasteiger partial charge in [0.2, 0.25) is 0 Å². The average molecular weight is 303 g/mol. The monoisotopic (exact) mass is 303 g/mol. The van der Waals surface area contributed by atoms with Crippen molar-refractivity contribution in [2.75, 3.05) is 26.2 Å². The first kappa shape index (κ1) is 15.1. The van der Waals surface area contributed by atoms with Gasteiger partial charge >= 0.3 is 5.63 Å². The first-order chi connectivity index (χ1) is 10.6. The minimum atomic E-state index is -0.515. The fourth-order valence-corrected chi connectivity index (χ4v) is 2.90. The van der Waals surface area contributed by atoms with Crippen LogP contribution in [0.3, 0.4) is 0 Å². The van der Waals surface area contributed by atoms with Crippen LogP contribution in [0.5, 0.6) is 5.75 Å². The number of nitrogens with zero attached hydrogens (tertiary/aromatic N) is 1. The lowest BCUT2D eigenvalue weighted by Gasteiger charge is -2.19. The number of benzene rings is 1. The lowest BCUT2D eigenvalue weighted by molar-refractivity contribution is 0.0758. The van der Waals surface area contributed by atoms with Crippen LogP contribution in [-0.4, -0.2) is 42.4 Å². The molecule has 22 heavy (non-hydrogen) atoms. The number of aliphatic hydroxyl groups excluding tert-OH is 1. The van der Waals surface area contributed by atoms with Crippen molar-refractivity contribution in [2.45, 2.75) is 25.9 Å². The molecule has 3 rings (SSSR count). The Hall–Kier alpha value is -1.85. The Morgan fingerprint density at radius 3 is 2.86 bits per heavy atom. The van der Waals surface area contributed by atoms with E-state index in [0.717, 1.165) is 24.0 Å². The zero-order chi connectivity index (χ0) is 15.5. The molecule has 0 radical (unpaired) electrons. The number of aryl methyl sites for hydroxylation is 1. The summed E-state index contributed by atoms with van der Waals surface area (Å²) in [5.41, 5.74) is 1.03. The third-order valence-electron chi connectivity index (χ3n) is 4.03. The zero-order valence-electron chi connectivity index (χ0n) is 12.7. The highest BCUT2D eigenvalue weighted by atomic mass is 16.5. The van der Waals surface area contributed by atoms with E-state index in [9.17, 15) is 9.90 Å². The number of ether oxygens (including phenoxy) is 1. The quantitative estimate of drug-likeness (QED) is 0.855. The van der Waals surface area contributed by atoms with Crippen molar-refractivity contribution in [1.29, 1.82) is 0 Å². The van der Waals surface area contributed by atoms with E-state index in [1.165, 1.54) is 18.9 Å². The molecular formula is C17H21NO4. The van der Waals surface area contributed by atoms with Gasteiger partial charge in [-0.1, -0.05) is 0 Å². The highest BCUT2D eigenvalue weighted by Crippen LogP contribution is 2.22. The van der Waals surface area contributed by atoms with Crippen molar-refractivity contribution in [3.05, 3.63) is 40.2 Å². The van der Waals surface area contributed by atoms with Crippen molar-refractivity contribution >= 4 is 11.0 Å². The minimum Gasteiger partial charge on any atom is -0.491 e. The van der Waals surface area contributed by atoms with E-state index >= 15 is 0 Å². The van der Waals surface area contributed by atoms with Crippen LogP contribution in [0, 0.1) is 6.92 Å². The second kappa shape index (κ2) is 6.50. The van der Waals surface area contributed by atoms with E-state index in [4.69, 9.17) is 9.15 Å². The van der Waals surface area contributed by atoms with E-state index in [1.54, 1.807) is 6.07 Å². The van der Waals surface area contributed by atoms with Crippen molar-refractivity contribution in [3.8, 4) is 5.75 Å². The number of rotatable bonds is 5. The van der Waals surface area contributed by atoms with Crippen molar-refractivity contribution in [1.82, 2.24) is 4.90 Å². The molecule has 2 heterocycles. The summed E-state index contributed by atoms with van der Waals surface area (Å²) >= 11 is 0. The van der Waals surface area contributed by atoms with E-state index in [0.29, 0.717) is 17.9 Å². The van der Waals surface area contributed by atoms with E-state index in [1.807, 2.05) is 19.1 Å². The largest absolute Gasteiger partial charge is 0.491 e. The number of aliphatic hydroxyl groups is 1. The summed E-state index contributed by atoms with van der Waals surface area (Å²) in [6.07, 6.45) is 1.89. The topological polar surface area (TPSA) is 62.9 Å². The van der Waals surface area contributed by atoms with Crippen molar-refractivity contribution in [2.24, 2.45) is 0 Å². The van der Waals surface area contributed by atoms with Gasteiger partial charge in [-0.15, -0.1) is 0 Å². The van der Waals surface area contributed by atoms with Gasteiger partial charge < -0.3 is 19.2 Å². The number of β-amino-alcohol motifs (C(OH)–C–C–N with tert-alkyl or cyclic N) is 1. The molecule has 1 aromatic carbocycles. The molecule has 1 fully saturated rings. The molecule has 1 aliphatic heterocycles. The minimum absolute atomic E-state index is 0.234. The summed E-state index contributed by atoms with van der Waals surface area (Å²) in [4.78, 5) is 13.7. The standard InChI is InChI=1S/C17H21NO4/c1-12-8-17(20)22-16-9-14(4-5-15(12)16)21-11-13(19)10-18-6-2-3-7-18/h4-5,8-9,13,19H,2-3,6-7,10-11H2,1H3/t13-/m0/s1. The average Bonchev–Trinajstić information content (AvgIpc) is 2.97. The summed E-state index contributed by atoms with van der Waals surface area (Å²) < 4.78 is 10.8. The summed E-state index contributed by atoms with van der Waals surface area (Å²) in [5, 5.41) is 10.9. The fourth-order valence-electron chi connectivity index (χ4n) is 2.90. The molecule has 5 heteroatoms. The first-order valence-electron chi connectivity index (χ1n) is 7.69. The van der Waals surface area contributed by atoms with Crippen LogP contribution in [0.4, 0.5) is 0 Å². The van der Waals surface area contributed by atoms with E-state index < -0.39 is 6.10 Å². The molecule has 1 N–H and O–H groups in total. The van der Waals surface area contributed by atoms with Gasteiger partial charge in [0, 0.05) is 24.1 Å². The smallest absolute Gasteiger partial charge is 0.336 e. The Bertz CT molecular complexity index is 703. The van der Waals surface area contributed by atoms with Gasteiger partial charge in [-0.3, -0.25) is 0 Å². The molecule has 2 aromatic rings. The predicted octanol–water partition coefficient (Wildman–Crippen LogP) is 1.94. The maximum atomic E-state index is 11.4. The Balaban J connectivity index is 1.64. The molecule has 1 aliphatic rings. The molecule has 0 amide bonds. The summed E-state index contributed by atoms with van der Waals surface area (Å²) in [6, 6.07) is 6.88. The number of hydrogen-bond acceptors (Lipinski definition) is 5. The van der Waals surface area contributed by atoms with Crippen molar-refractivity contribution in [3.63, 3.8) is 0 Å². The van der Waals surface area contributed by atoms with Crippen LogP contribution in [0.25, 0.3) is 11.0 Å². The molecule has 0 bridgehead atoms. The van der Waals surface area contributed by atoms with Gasteiger partial charge in [0.25, 0.3) is 0 Å². The SMILES string of the molecule is Cc1cc(=O)oc2cc(OC[C@@H](O)CN3CCCC3)ccc12. The second-order valence-corrected chi connectivity index (χ2v) is 5.88. The molecule has 1 atom stereocenters. The maximum Gasteiger partial charge on any atom is 0.336 e. The number of likely N-dealkylation sites (tertiary alicyclic amines) is 1.